The molecule has 1 aliphatic rings. The van der Waals surface area contributed by atoms with Crippen LogP contribution in [0.2, 0.25) is 0 Å². The lowest BCUT2D eigenvalue weighted by atomic mass is 9.98. The Balaban J connectivity index is 1.95. The Morgan fingerprint density at radius 3 is 2.28 bits per heavy atom. The molecule has 1 amide bonds. The molecule has 1 atom stereocenters. The van der Waals surface area contributed by atoms with Crippen LogP contribution in [0.1, 0.15) is 40.2 Å². The first-order valence-electron chi connectivity index (χ1n) is 9.22. The molecule has 0 saturated heterocycles. The van der Waals surface area contributed by atoms with Gasteiger partial charge in [-0.15, -0.1) is 0 Å². The number of rotatable bonds is 5. The molecule has 0 bridgehead atoms. The molecule has 1 aliphatic heterocycles. The predicted octanol–water partition coefficient (Wildman–Crippen LogP) is 3.21. The smallest absolute Gasteiger partial charge is 0.288 e. The second-order valence-corrected chi connectivity index (χ2v) is 6.72. The summed E-state index contributed by atoms with van der Waals surface area (Å²) in [4.78, 5) is 25.9. The van der Waals surface area contributed by atoms with Crippen LogP contribution in [-0.2, 0) is 6.42 Å². The van der Waals surface area contributed by atoms with E-state index in [2.05, 4.69) is 5.32 Å². The third kappa shape index (κ3) is 2.90. The SMILES string of the molecule is CCc1ccc2oc3c(c(=O)c2c1)[C@@H](c1cc(OC)c(OC)c(OC)c1)NC3=O. The van der Waals surface area contributed by atoms with Crippen molar-refractivity contribution in [2.24, 2.45) is 0 Å². The van der Waals surface area contributed by atoms with Crippen molar-refractivity contribution in [3.05, 3.63) is 63.0 Å². The fourth-order valence-corrected chi connectivity index (χ4v) is 3.69. The molecular formula is C22H21NO6. The van der Waals surface area contributed by atoms with E-state index in [-0.39, 0.29) is 16.8 Å². The molecule has 0 spiro atoms. The fraction of sp³-hybridized carbons (Fsp3) is 0.273. The van der Waals surface area contributed by atoms with Crippen LogP contribution in [0.4, 0.5) is 0 Å². The largest absolute Gasteiger partial charge is 0.493 e. The van der Waals surface area contributed by atoms with E-state index < -0.39 is 11.9 Å². The highest BCUT2D eigenvalue weighted by Gasteiger charge is 2.37. The van der Waals surface area contributed by atoms with Gasteiger partial charge in [-0.3, -0.25) is 9.59 Å². The molecule has 29 heavy (non-hydrogen) atoms. The Hall–Kier alpha value is -3.48. The van der Waals surface area contributed by atoms with Crippen LogP contribution in [0.3, 0.4) is 0 Å². The summed E-state index contributed by atoms with van der Waals surface area (Å²) >= 11 is 0. The van der Waals surface area contributed by atoms with E-state index in [4.69, 9.17) is 18.6 Å². The number of amides is 1. The van der Waals surface area contributed by atoms with E-state index in [9.17, 15) is 9.59 Å². The number of carbonyl (C=O) groups is 1. The molecule has 0 unspecified atom stereocenters. The Morgan fingerprint density at radius 2 is 1.69 bits per heavy atom. The van der Waals surface area contributed by atoms with Crippen molar-refractivity contribution in [1.82, 2.24) is 5.32 Å². The Labute approximate surface area is 167 Å². The zero-order chi connectivity index (χ0) is 20.7. The summed E-state index contributed by atoms with van der Waals surface area (Å²) in [7, 11) is 4.53. The normalized spacial score (nSPS) is 15.2. The molecule has 0 aliphatic carbocycles. The molecule has 0 radical (unpaired) electrons. The minimum Gasteiger partial charge on any atom is -0.493 e. The Bertz CT molecular complexity index is 1150. The molecule has 0 fully saturated rings. The Morgan fingerprint density at radius 1 is 1.00 bits per heavy atom. The maximum atomic E-state index is 13.3. The summed E-state index contributed by atoms with van der Waals surface area (Å²) in [5.41, 5.74) is 2.10. The van der Waals surface area contributed by atoms with Gasteiger partial charge in [0.1, 0.15) is 5.58 Å². The lowest BCUT2D eigenvalue weighted by molar-refractivity contribution is 0.0937. The average molecular weight is 395 g/mol. The number of hydrogen-bond acceptors (Lipinski definition) is 6. The molecule has 3 aromatic rings. The predicted molar refractivity (Wildman–Crippen MR) is 107 cm³/mol. The molecule has 0 saturated carbocycles. The van der Waals surface area contributed by atoms with Crippen molar-refractivity contribution in [1.29, 1.82) is 0 Å². The molecule has 1 N–H and O–H groups in total. The number of ether oxygens (including phenoxy) is 3. The van der Waals surface area contributed by atoms with Crippen LogP contribution in [-0.4, -0.2) is 27.2 Å². The minimum atomic E-state index is -0.683. The summed E-state index contributed by atoms with van der Waals surface area (Å²) in [5, 5.41) is 3.29. The molecule has 4 rings (SSSR count). The van der Waals surface area contributed by atoms with E-state index in [1.54, 1.807) is 18.2 Å². The van der Waals surface area contributed by atoms with Crippen LogP contribution in [0, 0.1) is 0 Å². The second kappa shape index (κ2) is 7.16. The van der Waals surface area contributed by atoms with Gasteiger partial charge in [-0.25, -0.2) is 0 Å². The lowest BCUT2D eigenvalue weighted by Crippen LogP contribution is -2.22. The fourth-order valence-electron chi connectivity index (χ4n) is 3.69. The van der Waals surface area contributed by atoms with Gasteiger partial charge >= 0.3 is 0 Å². The number of aryl methyl sites for hydroxylation is 1. The van der Waals surface area contributed by atoms with E-state index in [0.717, 1.165) is 12.0 Å². The first-order chi connectivity index (χ1) is 14.0. The summed E-state index contributed by atoms with van der Waals surface area (Å²) in [6.07, 6.45) is 0.792. The standard InChI is InChI=1S/C22H21NO6/c1-5-11-6-7-14-13(8-11)19(24)17-18(23-22(25)21(17)29-14)12-9-15(26-2)20(28-4)16(10-12)27-3/h6-10,18H,5H2,1-4H3,(H,23,25)/t18-/m1/s1. The Kier molecular flexibility index (Phi) is 4.66. The highest BCUT2D eigenvalue weighted by molar-refractivity contribution is 5.99. The summed E-state index contributed by atoms with van der Waals surface area (Å²) in [5.74, 6) is 0.898. The first kappa shape index (κ1) is 18.9. The highest BCUT2D eigenvalue weighted by Crippen LogP contribution is 2.42. The number of fused-ring (bicyclic) bond motifs is 2. The van der Waals surface area contributed by atoms with E-state index in [1.165, 1.54) is 21.3 Å². The number of carbonyl (C=O) groups excluding carboxylic acids is 1. The molecule has 2 heterocycles. The van der Waals surface area contributed by atoms with Gasteiger partial charge in [-0.05, 0) is 41.8 Å². The van der Waals surface area contributed by atoms with E-state index in [1.807, 2.05) is 19.1 Å². The molecule has 7 nitrogen and oxygen atoms in total. The molecule has 150 valence electrons. The summed E-state index contributed by atoms with van der Waals surface area (Å²) in [6.45, 7) is 2.01. The van der Waals surface area contributed by atoms with Crippen molar-refractivity contribution >= 4 is 16.9 Å². The van der Waals surface area contributed by atoms with Gasteiger partial charge in [0, 0.05) is 0 Å². The van der Waals surface area contributed by atoms with Crippen LogP contribution in [0.15, 0.2) is 39.5 Å². The van der Waals surface area contributed by atoms with Gasteiger partial charge in [-0.1, -0.05) is 13.0 Å². The van der Waals surface area contributed by atoms with Crippen molar-refractivity contribution in [3.63, 3.8) is 0 Å². The second-order valence-electron chi connectivity index (χ2n) is 6.72. The number of benzene rings is 2. The molecule has 1 aromatic heterocycles. The third-order valence-electron chi connectivity index (χ3n) is 5.19. The third-order valence-corrected chi connectivity index (χ3v) is 5.19. The van der Waals surface area contributed by atoms with Gasteiger partial charge in [0.05, 0.1) is 38.3 Å². The highest BCUT2D eigenvalue weighted by atomic mass is 16.5. The minimum absolute atomic E-state index is 0.0329. The average Bonchev–Trinajstić information content (AvgIpc) is 3.09. The number of methoxy groups -OCH3 is 3. The lowest BCUT2D eigenvalue weighted by Gasteiger charge is -2.17. The maximum absolute atomic E-state index is 13.3. The zero-order valence-corrected chi connectivity index (χ0v) is 16.6. The topological polar surface area (TPSA) is 87.0 Å². The summed E-state index contributed by atoms with van der Waals surface area (Å²) in [6, 6.07) is 8.19. The van der Waals surface area contributed by atoms with Gasteiger partial charge < -0.3 is 23.9 Å². The van der Waals surface area contributed by atoms with Crippen LogP contribution in [0.25, 0.3) is 11.0 Å². The zero-order valence-electron chi connectivity index (χ0n) is 16.6. The van der Waals surface area contributed by atoms with Crippen molar-refractivity contribution in [2.45, 2.75) is 19.4 Å². The van der Waals surface area contributed by atoms with Gasteiger partial charge in [0.25, 0.3) is 5.91 Å². The summed E-state index contributed by atoms with van der Waals surface area (Å²) < 4.78 is 22.0. The van der Waals surface area contributed by atoms with Gasteiger partial charge in [0.15, 0.2) is 16.9 Å². The van der Waals surface area contributed by atoms with Gasteiger partial charge in [0.2, 0.25) is 11.5 Å². The van der Waals surface area contributed by atoms with Crippen molar-refractivity contribution < 1.29 is 23.4 Å². The van der Waals surface area contributed by atoms with Crippen LogP contribution in [0.5, 0.6) is 17.2 Å². The van der Waals surface area contributed by atoms with Crippen LogP contribution >= 0.6 is 0 Å². The molecular weight excluding hydrogens is 374 g/mol. The van der Waals surface area contributed by atoms with E-state index in [0.29, 0.717) is 33.8 Å². The van der Waals surface area contributed by atoms with Crippen molar-refractivity contribution in [3.8, 4) is 17.2 Å². The number of hydrogen-bond donors (Lipinski definition) is 1. The molecule has 7 heteroatoms. The van der Waals surface area contributed by atoms with Crippen molar-refractivity contribution in [2.75, 3.05) is 21.3 Å². The van der Waals surface area contributed by atoms with E-state index >= 15 is 0 Å². The number of nitrogens with one attached hydrogen (secondary N) is 1. The van der Waals surface area contributed by atoms with Gasteiger partial charge in [-0.2, -0.15) is 0 Å². The monoisotopic (exact) mass is 395 g/mol. The quantitative estimate of drug-likeness (QED) is 0.714. The van der Waals surface area contributed by atoms with Crippen LogP contribution < -0.4 is 25.0 Å². The molecule has 2 aromatic carbocycles. The maximum Gasteiger partial charge on any atom is 0.288 e. The first-order valence-corrected chi connectivity index (χ1v) is 9.22.